The van der Waals surface area contributed by atoms with E-state index in [-0.39, 0.29) is 6.04 Å². The van der Waals surface area contributed by atoms with Crippen LogP contribution < -0.4 is 0 Å². The van der Waals surface area contributed by atoms with Crippen LogP contribution in [0.15, 0.2) is 9.98 Å². The molecule has 0 saturated carbocycles. The number of rotatable bonds is 4. The number of nitrogens with zero attached hydrogens (tertiary/aromatic N) is 2. The Bertz CT molecular complexity index is 308. The van der Waals surface area contributed by atoms with Crippen molar-refractivity contribution in [2.24, 2.45) is 9.98 Å². The van der Waals surface area contributed by atoms with Gasteiger partial charge in [0.25, 0.3) is 0 Å². The molecule has 0 saturated heterocycles. The van der Waals surface area contributed by atoms with Crippen LogP contribution in [0.1, 0.15) is 13.8 Å². The molecule has 1 atom stereocenters. The zero-order chi connectivity index (χ0) is 12.9. The average molecular weight is 301 g/mol. The first-order chi connectivity index (χ1) is 7.96. The molecule has 4 nitrogen and oxygen atoms in total. The maximum atomic E-state index is 5.59. The maximum absolute atomic E-state index is 5.59. The minimum atomic E-state index is -1.68. The van der Waals surface area contributed by atoms with Gasteiger partial charge in [-0.05, 0) is 0 Å². The van der Waals surface area contributed by atoms with Crippen molar-refractivity contribution >= 4 is 25.1 Å². The quantitative estimate of drug-likeness (QED) is 0.749. The monoisotopic (exact) mass is 302 g/mol. The van der Waals surface area contributed by atoms with Gasteiger partial charge in [0, 0.05) is 0 Å². The van der Waals surface area contributed by atoms with Crippen LogP contribution in [0.25, 0.3) is 0 Å². The summed E-state index contributed by atoms with van der Waals surface area (Å²) in [5.41, 5.74) is 0. The van der Waals surface area contributed by atoms with Gasteiger partial charge in [0.05, 0.1) is 0 Å². The molecular weight excluding hydrogens is 277 g/mol. The molecule has 0 spiro atoms. The van der Waals surface area contributed by atoms with E-state index in [1.807, 2.05) is 13.8 Å². The molecule has 0 radical (unpaired) electrons. The Morgan fingerprint density at radius 3 is 2.35 bits per heavy atom. The topological polar surface area (TPSA) is 43.2 Å². The third-order valence-corrected chi connectivity index (χ3v) is 5.74. The second-order valence-electron chi connectivity index (χ2n) is 5.32. The van der Waals surface area contributed by atoms with Gasteiger partial charge in [-0.25, -0.2) is 0 Å². The van der Waals surface area contributed by atoms with Gasteiger partial charge in [-0.1, -0.05) is 0 Å². The van der Waals surface area contributed by atoms with E-state index in [1.54, 1.807) is 0 Å². The molecule has 1 aliphatic heterocycles. The number of hydrogen-bond acceptors (Lipinski definition) is 4. The van der Waals surface area contributed by atoms with E-state index < -0.39 is 13.3 Å². The average Bonchev–Trinajstić information content (AvgIpc) is 2.20. The summed E-state index contributed by atoms with van der Waals surface area (Å²) in [5.74, 6) is 8.71. The third-order valence-electron chi connectivity index (χ3n) is 2.36. The van der Waals surface area contributed by atoms with Gasteiger partial charge in [-0.3, -0.25) is 0 Å². The summed E-state index contributed by atoms with van der Waals surface area (Å²) in [7, 11) is 0. The van der Waals surface area contributed by atoms with Crippen LogP contribution in [0.3, 0.4) is 0 Å². The van der Waals surface area contributed by atoms with Crippen LogP contribution >= 0.6 is 0 Å². The molecule has 0 aromatic rings. The van der Waals surface area contributed by atoms with Gasteiger partial charge in [-0.2, -0.15) is 0 Å². The standard InChI is InChI=1S/C12H24GeN2O2/c1-6-16-11-9-14-12(17-7-2)10(15-11)8-13(3,4)5/h10H,6-9H2,1-5H3. The van der Waals surface area contributed by atoms with Gasteiger partial charge in [-0.15, -0.1) is 0 Å². The Balaban J connectivity index is 2.75. The van der Waals surface area contributed by atoms with E-state index in [0.29, 0.717) is 19.8 Å². The Labute approximate surface area is 107 Å². The van der Waals surface area contributed by atoms with Crippen molar-refractivity contribution in [3.05, 3.63) is 0 Å². The van der Waals surface area contributed by atoms with E-state index in [1.165, 1.54) is 0 Å². The molecular formula is C12H24GeN2O2. The van der Waals surface area contributed by atoms with E-state index in [9.17, 15) is 0 Å². The van der Waals surface area contributed by atoms with Crippen molar-refractivity contribution in [3.8, 4) is 0 Å². The van der Waals surface area contributed by atoms with Crippen LogP contribution in [-0.2, 0) is 9.47 Å². The summed E-state index contributed by atoms with van der Waals surface area (Å²) in [4.78, 5) is 9.10. The first kappa shape index (κ1) is 14.5. The van der Waals surface area contributed by atoms with Crippen molar-refractivity contribution in [3.63, 3.8) is 0 Å². The Kier molecular flexibility index (Phi) is 5.50. The summed E-state index contributed by atoms with van der Waals surface area (Å²) < 4.78 is 11.0. The summed E-state index contributed by atoms with van der Waals surface area (Å²) in [6, 6.07) is 0.0882. The van der Waals surface area contributed by atoms with Gasteiger partial charge < -0.3 is 0 Å². The first-order valence-corrected chi connectivity index (χ1v) is 14.1. The molecule has 0 aromatic heterocycles. The van der Waals surface area contributed by atoms with Crippen LogP contribution in [0.5, 0.6) is 0 Å². The molecule has 0 fully saturated rings. The SMILES string of the molecule is CCOC1=NC([CH2][Ge]([CH3])([CH3])[CH3])C(OCC)=NC1. The van der Waals surface area contributed by atoms with Gasteiger partial charge >= 0.3 is 107 Å². The molecule has 0 aliphatic carbocycles. The molecule has 98 valence electrons. The van der Waals surface area contributed by atoms with Crippen molar-refractivity contribution in [2.45, 2.75) is 42.4 Å². The van der Waals surface area contributed by atoms with Crippen molar-refractivity contribution < 1.29 is 9.47 Å². The predicted octanol–water partition coefficient (Wildman–Crippen LogP) is 2.58. The zero-order valence-corrected chi connectivity index (χ0v) is 13.7. The van der Waals surface area contributed by atoms with E-state index in [4.69, 9.17) is 9.47 Å². The fourth-order valence-corrected chi connectivity index (χ4v) is 4.76. The third kappa shape index (κ3) is 5.10. The normalized spacial score (nSPS) is 20.6. The number of hydrogen-bond donors (Lipinski definition) is 0. The molecule has 1 heterocycles. The van der Waals surface area contributed by atoms with Crippen molar-refractivity contribution in [1.29, 1.82) is 0 Å². The first-order valence-electron chi connectivity index (χ1n) is 6.33. The van der Waals surface area contributed by atoms with Crippen LogP contribution in [0, 0.1) is 0 Å². The van der Waals surface area contributed by atoms with Crippen molar-refractivity contribution in [1.82, 2.24) is 0 Å². The Morgan fingerprint density at radius 2 is 1.82 bits per heavy atom. The second kappa shape index (κ2) is 6.42. The fourth-order valence-electron chi connectivity index (χ4n) is 1.77. The summed E-state index contributed by atoms with van der Waals surface area (Å²) in [5, 5.41) is 1.11. The van der Waals surface area contributed by atoms with Crippen LogP contribution in [0.4, 0.5) is 0 Å². The molecule has 0 N–H and O–H groups in total. The summed E-state index contributed by atoms with van der Waals surface area (Å²) in [6.45, 7) is 5.80. The van der Waals surface area contributed by atoms with Crippen molar-refractivity contribution in [2.75, 3.05) is 19.8 Å². The summed E-state index contributed by atoms with van der Waals surface area (Å²) >= 11 is -1.68. The van der Waals surface area contributed by atoms with E-state index in [0.717, 1.165) is 17.0 Å². The van der Waals surface area contributed by atoms with Crippen LogP contribution in [-0.4, -0.2) is 50.9 Å². The molecule has 0 amide bonds. The van der Waals surface area contributed by atoms with Crippen LogP contribution in [0.2, 0.25) is 22.5 Å². The Hall–Kier alpha value is -0.517. The fraction of sp³-hybridized carbons (Fsp3) is 0.833. The van der Waals surface area contributed by atoms with Gasteiger partial charge in [0.2, 0.25) is 0 Å². The van der Waals surface area contributed by atoms with E-state index in [2.05, 4.69) is 27.3 Å². The van der Waals surface area contributed by atoms with Gasteiger partial charge in [0.1, 0.15) is 0 Å². The second-order valence-corrected chi connectivity index (χ2v) is 16.9. The molecule has 17 heavy (non-hydrogen) atoms. The molecule has 5 heteroatoms. The zero-order valence-electron chi connectivity index (χ0n) is 11.6. The number of aliphatic imine (C=N–C) groups is 2. The summed E-state index contributed by atoms with van der Waals surface area (Å²) in [6.07, 6.45) is 0. The molecule has 1 unspecified atom stereocenters. The van der Waals surface area contributed by atoms with Gasteiger partial charge in [0.15, 0.2) is 0 Å². The minimum absolute atomic E-state index is 0.0882. The predicted molar refractivity (Wildman–Crippen MR) is 74.9 cm³/mol. The molecule has 1 rings (SSSR count). The molecule has 1 aliphatic rings. The molecule has 0 aromatic carbocycles. The molecule has 0 bridgehead atoms. The van der Waals surface area contributed by atoms with E-state index >= 15 is 0 Å². The Morgan fingerprint density at radius 1 is 1.18 bits per heavy atom. The number of ether oxygens (including phenoxy) is 2.